The standard InChI is InChI=1S/C23H16N4O2S/c24-22-27-23(13-28-22)17-10-14(16-2-1-7-25-12-16)3-5-19(17)29-20-6-4-15(11-18(20)23)21-26-8-9-30-21/h1-12H,13H2,(H2,24,27)/t23-/m0/s1. The first kappa shape index (κ1) is 17.2. The summed E-state index contributed by atoms with van der Waals surface area (Å²) in [4.78, 5) is 13.5. The first-order valence-electron chi connectivity index (χ1n) is 9.48. The normalized spacial score (nSPS) is 18.9. The van der Waals surface area contributed by atoms with Crippen LogP contribution >= 0.6 is 11.3 Å². The van der Waals surface area contributed by atoms with E-state index in [2.05, 4.69) is 22.1 Å². The molecular formula is C23H16N4O2S. The van der Waals surface area contributed by atoms with E-state index in [1.165, 1.54) is 0 Å². The zero-order valence-corrected chi connectivity index (χ0v) is 16.6. The average molecular weight is 412 g/mol. The van der Waals surface area contributed by atoms with E-state index in [-0.39, 0.29) is 6.02 Å². The Kier molecular flexibility index (Phi) is 3.66. The Morgan fingerprint density at radius 1 is 0.933 bits per heavy atom. The molecule has 2 aliphatic heterocycles. The molecule has 2 N–H and O–H groups in total. The van der Waals surface area contributed by atoms with Gasteiger partial charge in [-0.2, -0.15) is 0 Å². The van der Waals surface area contributed by atoms with Crippen LogP contribution in [0.25, 0.3) is 21.7 Å². The van der Waals surface area contributed by atoms with Crippen molar-refractivity contribution in [1.82, 2.24) is 9.97 Å². The van der Waals surface area contributed by atoms with E-state index in [9.17, 15) is 0 Å². The SMILES string of the molecule is NC1=N[C@@]2(CO1)c1cc(-c3cccnc3)ccc1Oc1ccc(-c3nccs3)cc12. The summed E-state index contributed by atoms with van der Waals surface area (Å²) in [6, 6.07) is 16.3. The van der Waals surface area contributed by atoms with Gasteiger partial charge in [-0.1, -0.05) is 12.1 Å². The van der Waals surface area contributed by atoms with Crippen LogP contribution < -0.4 is 10.5 Å². The molecule has 0 radical (unpaired) electrons. The molecule has 2 aromatic heterocycles. The number of pyridine rings is 1. The second kappa shape index (κ2) is 6.40. The smallest absolute Gasteiger partial charge is 0.283 e. The number of amidine groups is 1. The zero-order valence-electron chi connectivity index (χ0n) is 15.8. The van der Waals surface area contributed by atoms with Crippen LogP contribution in [0.2, 0.25) is 0 Å². The maximum Gasteiger partial charge on any atom is 0.283 e. The first-order valence-corrected chi connectivity index (χ1v) is 10.4. The van der Waals surface area contributed by atoms with E-state index in [1.807, 2.05) is 48.0 Å². The van der Waals surface area contributed by atoms with Crippen LogP contribution in [-0.2, 0) is 10.3 Å². The Bertz CT molecular complexity index is 1290. The molecule has 4 heterocycles. The van der Waals surface area contributed by atoms with E-state index < -0.39 is 5.54 Å². The van der Waals surface area contributed by atoms with Crippen LogP contribution in [0.5, 0.6) is 11.5 Å². The monoisotopic (exact) mass is 412 g/mol. The Balaban J connectivity index is 1.57. The lowest BCUT2D eigenvalue weighted by molar-refractivity contribution is 0.264. The maximum atomic E-state index is 6.26. The highest BCUT2D eigenvalue weighted by Gasteiger charge is 2.47. The predicted molar refractivity (Wildman–Crippen MR) is 116 cm³/mol. The van der Waals surface area contributed by atoms with Crippen LogP contribution in [0.3, 0.4) is 0 Å². The number of hydrogen-bond donors (Lipinski definition) is 1. The molecule has 4 aromatic rings. The number of aliphatic imine (C=N–C) groups is 1. The van der Waals surface area contributed by atoms with Crippen LogP contribution in [-0.4, -0.2) is 22.6 Å². The number of nitrogens with zero attached hydrogens (tertiary/aromatic N) is 3. The molecule has 0 saturated heterocycles. The van der Waals surface area contributed by atoms with Gasteiger partial charge in [0.15, 0.2) is 5.54 Å². The zero-order chi connectivity index (χ0) is 20.1. The van der Waals surface area contributed by atoms with Gasteiger partial charge in [0.25, 0.3) is 6.02 Å². The molecule has 2 aromatic carbocycles. The van der Waals surface area contributed by atoms with Gasteiger partial charge in [-0.25, -0.2) is 9.98 Å². The minimum absolute atomic E-state index is 0.181. The number of hydrogen-bond acceptors (Lipinski definition) is 7. The molecular weight excluding hydrogens is 396 g/mol. The molecule has 0 aliphatic carbocycles. The Morgan fingerprint density at radius 3 is 2.40 bits per heavy atom. The van der Waals surface area contributed by atoms with Gasteiger partial charge in [-0.3, -0.25) is 4.98 Å². The summed E-state index contributed by atoms with van der Waals surface area (Å²) in [5.74, 6) is 1.50. The van der Waals surface area contributed by atoms with Crippen molar-refractivity contribution in [2.75, 3.05) is 6.61 Å². The average Bonchev–Trinajstić information content (AvgIpc) is 3.45. The van der Waals surface area contributed by atoms with Crippen LogP contribution in [0.1, 0.15) is 11.1 Å². The van der Waals surface area contributed by atoms with Gasteiger partial charge in [-0.15, -0.1) is 11.3 Å². The molecule has 0 fully saturated rings. The summed E-state index contributed by atoms with van der Waals surface area (Å²) in [5.41, 5.74) is 10.2. The second-order valence-electron chi connectivity index (χ2n) is 7.20. The summed E-state index contributed by atoms with van der Waals surface area (Å²) < 4.78 is 11.9. The predicted octanol–water partition coefficient (Wildman–Crippen LogP) is 4.57. The topological polar surface area (TPSA) is 82.6 Å². The van der Waals surface area contributed by atoms with E-state index in [4.69, 9.17) is 20.2 Å². The summed E-state index contributed by atoms with van der Waals surface area (Å²) >= 11 is 1.59. The Labute approximate surface area is 176 Å². The van der Waals surface area contributed by atoms with E-state index in [0.717, 1.165) is 44.3 Å². The highest BCUT2D eigenvalue weighted by atomic mass is 32.1. The van der Waals surface area contributed by atoms with Crippen LogP contribution in [0.4, 0.5) is 0 Å². The van der Waals surface area contributed by atoms with Crippen molar-refractivity contribution in [1.29, 1.82) is 0 Å². The lowest BCUT2D eigenvalue weighted by Crippen LogP contribution is -2.31. The maximum absolute atomic E-state index is 6.26. The first-order chi connectivity index (χ1) is 14.7. The Hall–Kier alpha value is -3.71. The molecule has 1 spiro atoms. The molecule has 0 bridgehead atoms. The molecule has 146 valence electrons. The lowest BCUT2D eigenvalue weighted by atomic mass is 9.80. The van der Waals surface area contributed by atoms with Gasteiger partial charge in [0, 0.05) is 46.2 Å². The fraction of sp³-hybridized carbons (Fsp3) is 0.0870. The minimum Gasteiger partial charge on any atom is -0.462 e. The minimum atomic E-state index is -0.765. The van der Waals surface area contributed by atoms with Gasteiger partial charge in [0.2, 0.25) is 0 Å². The molecule has 6 rings (SSSR count). The van der Waals surface area contributed by atoms with Gasteiger partial charge in [0.05, 0.1) is 0 Å². The summed E-state index contributed by atoms with van der Waals surface area (Å²) in [6.07, 6.45) is 5.41. The largest absolute Gasteiger partial charge is 0.462 e. The highest BCUT2D eigenvalue weighted by molar-refractivity contribution is 7.13. The van der Waals surface area contributed by atoms with Gasteiger partial charge < -0.3 is 15.2 Å². The number of fused-ring (bicyclic) bond motifs is 4. The molecule has 2 aliphatic rings. The van der Waals surface area contributed by atoms with Crippen molar-refractivity contribution in [3.8, 4) is 33.2 Å². The van der Waals surface area contributed by atoms with Gasteiger partial charge >= 0.3 is 0 Å². The fourth-order valence-corrected chi connectivity index (χ4v) is 4.70. The van der Waals surface area contributed by atoms with Gasteiger partial charge in [0.1, 0.15) is 23.1 Å². The van der Waals surface area contributed by atoms with Crippen molar-refractivity contribution in [3.05, 3.63) is 83.6 Å². The van der Waals surface area contributed by atoms with E-state index in [0.29, 0.717) is 6.61 Å². The molecule has 30 heavy (non-hydrogen) atoms. The quantitative estimate of drug-likeness (QED) is 0.522. The van der Waals surface area contributed by atoms with Crippen LogP contribution in [0, 0.1) is 0 Å². The van der Waals surface area contributed by atoms with Crippen molar-refractivity contribution in [3.63, 3.8) is 0 Å². The lowest BCUT2D eigenvalue weighted by Gasteiger charge is -2.34. The third-order valence-corrected chi connectivity index (χ3v) is 6.30. The summed E-state index contributed by atoms with van der Waals surface area (Å²) in [6.45, 7) is 0.319. The van der Waals surface area contributed by atoms with Crippen molar-refractivity contribution in [2.24, 2.45) is 10.7 Å². The second-order valence-corrected chi connectivity index (χ2v) is 8.10. The molecule has 1 atom stereocenters. The molecule has 6 nitrogen and oxygen atoms in total. The number of thiazole rings is 1. The summed E-state index contributed by atoms with van der Waals surface area (Å²) in [5, 5.41) is 2.91. The van der Waals surface area contributed by atoms with Crippen LogP contribution in [0.15, 0.2) is 77.5 Å². The van der Waals surface area contributed by atoms with Gasteiger partial charge in [-0.05, 0) is 42.0 Å². The molecule has 0 saturated carbocycles. The molecule has 7 heteroatoms. The fourth-order valence-electron chi connectivity index (χ4n) is 4.07. The third kappa shape index (κ3) is 2.52. The van der Waals surface area contributed by atoms with Crippen molar-refractivity contribution in [2.45, 2.75) is 5.54 Å². The number of nitrogens with two attached hydrogens (primary N) is 1. The third-order valence-electron chi connectivity index (χ3n) is 5.47. The van der Waals surface area contributed by atoms with E-state index in [1.54, 1.807) is 23.7 Å². The summed E-state index contributed by atoms with van der Waals surface area (Å²) in [7, 11) is 0. The molecule has 0 amide bonds. The highest BCUT2D eigenvalue weighted by Crippen LogP contribution is 2.52. The number of aromatic nitrogens is 2. The number of rotatable bonds is 2. The number of ether oxygens (including phenoxy) is 2. The van der Waals surface area contributed by atoms with Crippen molar-refractivity contribution < 1.29 is 9.47 Å². The Morgan fingerprint density at radius 2 is 1.73 bits per heavy atom. The van der Waals surface area contributed by atoms with E-state index >= 15 is 0 Å². The molecule has 0 unspecified atom stereocenters. The number of benzene rings is 2. The van der Waals surface area contributed by atoms with Crippen molar-refractivity contribution >= 4 is 17.4 Å².